The van der Waals surface area contributed by atoms with Crippen molar-refractivity contribution in [2.45, 2.75) is 12.8 Å². The molecule has 0 saturated carbocycles. The van der Waals surface area contributed by atoms with Crippen LogP contribution in [0.5, 0.6) is 0 Å². The molecule has 0 aromatic heterocycles. The first kappa shape index (κ1) is 13.8. The Morgan fingerprint density at radius 1 is 0.550 bits per heavy atom. The fourth-order valence-corrected chi connectivity index (χ4v) is 3.52. The number of thiol groups is 2. The molecule has 3 rings (SSSR count). The maximum Gasteiger partial charge on any atom is -0.00569 e. The largest absolute Gasteiger partial charge is 0.179 e. The summed E-state index contributed by atoms with van der Waals surface area (Å²) >= 11 is 8.88. The first-order valence-electron chi connectivity index (χ1n) is 6.99. The third kappa shape index (κ3) is 2.32. The molecule has 0 heterocycles. The van der Waals surface area contributed by atoms with Crippen LogP contribution < -0.4 is 0 Å². The molecule has 0 N–H and O–H groups in total. The molecule has 0 atom stereocenters. The van der Waals surface area contributed by atoms with Gasteiger partial charge in [-0.2, -0.15) is 25.3 Å². The van der Waals surface area contributed by atoms with Crippen molar-refractivity contribution in [1.82, 2.24) is 0 Å². The predicted molar refractivity (Wildman–Crippen MR) is 96.6 cm³/mol. The molecule has 0 bridgehead atoms. The summed E-state index contributed by atoms with van der Waals surface area (Å²) in [5.74, 6) is 1.75. The van der Waals surface area contributed by atoms with Crippen molar-refractivity contribution in [1.29, 1.82) is 0 Å². The van der Waals surface area contributed by atoms with E-state index >= 15 is 0 Å². The lowest BCUT2D eigenvalue weighted by atomic mass is 9.90. The molecule has 20 heavy (non-hydrogen) atoms. The summed E-state index contributed by atoms with van der Waals surface area (Å²) in [6.07, 6.45) is 2.01. The van der Waals surface area contributed by atoms with E-state index in [1.54, 1.807) is 0 Å². The smallest absolute Gasteiger partial charge is 0.00569 e. The Hall–Kier alpha value is -1.12. The van der Waals surface area contributed by atoms with E-state index in [1.807, 2.05) is 0 Å². The second-order valence-electron chi connectivity index (χ2n) is 5.00. The van der Waals surface area contributed by atoms with Gasteiger partial charge in [0.15, 0.2) is 0 Å². The molecule has 0 saturated heterocycles. The van der Waals surface area contributed by atoms with E-state index < -0.39 is 0 Å². The number of rotatable bonds is 4. The van der Waals surface area contributed by atoms with Gasteiger partial charge in [-0.05, 0) is 57.0 Å². The number of fused-ring (bicyclic) bond motifs is 2. The normalized spacial score (nSPS) is 11.3. The van der Waals surface area contributed by atoms with Gasteiger partial charge in [0.25, 0.3) is 0 Å². The van der Waals surface area contributed by atoms with Crippen molar-refractivity contribution in [3.8, 4) is 0 Å². The summed E-state index contributed by atoms with van der Waals surface area (Å²) < 4.78 is 0. The zero-order valence-corrected chi connectivity index (χ0v) is 13.1. The average molecular weight is 298 g/mol. The first-order chi connectivity index (χ1) is 9.86. The first-order valence-corrected chi connectivity index (χ1v) is 8.26. The Balaban J connectivity index is 2.47. The minimum atomic E-state index is 0.875. The summed E-state index contributed by atoms with van der Waals surface area (Å²) in [6.45, 7) is 0. The van der Waals surface area contributed by atoms with E-state index in [2.05, 4.69) is 73.8 Å². The number of hydrogen-bond acceptors (Lipinski definition) is 2. The lowest BCUT2D eigenvalue weighted by Crippen LogP contribution is -1.97. The topological polar surface area (TPSA) is 0 Å². The second kappa shape index (κ2) is 6.11. The standard InChI is InChI=1S/C18H18S2/c19-11-9-17-13-5-1-2-6-14(13)18(10-12-20)16-8-4-3-7-15(16)17/h1-8,19-20H,9-12H2. The SMILES string of the molecule is SCCc1c2ccccc2c(CCS)c2ccccc12. The van der Waals surface area contributed by atoms with Crippen molar-refractivity contribution in [3.05, 3.63) is 59.7 Å². The fourth-order valence-electron chi connectivity index (χ4n) is 3.07. The van der Waals surface area contributed by atoms with Crippen LogP contribution in [0.15, 0.2) is 48.5 Å². The van der Waals surface area contributed by atoms with Crippen molar-refractivity contribution >= 4 is 46.8 Å². The lowest BCUT2D eigenvalue weighted by Gasteiger charge is -2.16. The Labute approximate surface area is 131 Å². The minimum Gasteiger partial charge on any atom is -0.179 e. The molecule has 0 amide bonds. The van der Waals surface area contributed by atoms with Crippen LogP contribution in [0.1, 0.15) is 11.1 Å². The number of benzene rings is 3. The molecular weight excluding hydrogens is 280 g/mol. The van der Waals surface area contributed by atoms with Crippen LogP contribution in [0, 0.1) is 0 Å². The molecule has 0 spiro atoms. The second-order valence-corrected chi connectivity index (χ2v) is 5.89. The highest BCUT2D eigenvalue weighted by Crippen LogP contribution is 2.33. The molecule has 0 fully saturated rings. The highest BCUT2D eigenvalue weighted by molar-refractivity contribution is 7.80. The van der Waals surface area contributed by atoms with Crippen LogP contribution in [0.4, 0.5) is 0 Å². The molecule has 0 nitrogen and oxygen atoms in total. The third-order valence-electron chi connectivity index (χ3n) is 3.88. The molecule has 2 heteroatoms. The molecule has 0 aliphatic carbocycles. The predicted octanol–water partition coefficient (Wildman–Crippen LogP) is 4.94. The monoisotopic (exact) mass is 298 g/mol. The van der Waals surface area contributed by atoms with Gasteiger partial charge in [-0.15, -0.1) is 0 Å². The maximum absolute atomic E-state index is 4.44. The van der Waals surface area contributed by atoms with Crippen molar-refractivity contribution in [2.75, 3.05) is 11.5 Å². The minimum absolute atomic E-state index is 0.875. The molecule has 0 aliphatic heterocycles. The lowest BCUT2D eigenvalue weighted by molar-refractivity contribution is 1.18. The molecule has 102 valence electrons. The van der Waals surface area contributed by atoms with Gasteiger partial charge in [0.1, 0.15) is 0 Å². The molecule has 0 radical (unpaired) electrons. The van der Waals surface area contributed by atoms with Crippen molar-refractivity contribution in [2.24, 2.45) is 0 Å². The van der Waals surface area contributed by atoms with Gasteiger partial charge in [0.05, 0.1) is 0 Å². The molecule has 0 aliphatic rings. The van der Waals surface area contributed by atoms with Crippen LogP contribution in [0.3, 0.4) is 0 Å². The van der Waals surface area contributed by atoms with Crippen LogP contribution in [0.25, 0.3) is 21.5 Å². The van der Waals surface area contributed by atoms with Crippen molar-refractivity contribution in [3.63, 3.8) is 0 Å². The van der Waals surface area contributed by atoms with Gasteiger partial charge in [-0.3, -0.25) is 0 Å². The Kier molecular flexibility index (Phi) is 4.23. The van der Waals surface area contributed by atoms with Gasteiger partial charge in [-0.25, -0.2) is 0 Å². The Bertz CT molecular complexity index is 626. The van der Waals surface area contributed by atoms with Gasteiger partial charge >= 0.3 is 0 Å². The third-order valence-corrected chi connectivity index (χ3v) is 4.33. The average Bonchev–Trinajstić information content (AvgIpc) is 2.50. The quantitative estimate of drug-likeness (QED) is 0.495. The summed E-state index contributed by atoms with van der Waals surface area (Å²) in [5, 5.41) is 5.49. The van der Waals surface area contributed by atoms with E-state index in [4.69, 9.17) is 0 Å². The van der Waals surface area contributed by atoms with Gasteiger partial charge in [0.2, 0.25) is 0 Å². The maximum atomic E-state index is 4.44. The molecule has 3 aromatic rings. The van der Waals surface area contributed by atoms with E-state index in [9.17, 15) is 0 Å². The summed E-state index contributed by atoms with van der Waals surface area (Å²) in [4.78, 5) is 0. The Morgan fingerprint density at radius 2 is 0.850 bits per heavy atom. The van der Waals surface area contributed by atoms with E-state index in [1.165, 1.54) is 32.7 Å². The summed E-state index contributed by atoms with van der Waals surface area (Å²) in [7, 11) is 0. The zero-order chi connectivity index (χ0) is 13.9. The van der Waals surface area contributed by atoms with Crippen molar-refractivity contribution < 1.29 is 0 Å². The fraction of sp³-hybridized carbons (Fsp3) is 0.222. The molecular formula is C18H18S2. The van der Waals surface area contributed by atoms with E-state index in [0.29, 0.717) is 0 Å². The van der Waals surface area contributed by atoms with Crippen LogP contribution in [-0.4, -0.2) is 11.5 Å². The molecule has 3 aromatic carbocycles. The number of aryl methyl sites for hydroxylation is 2. The summed E-state index contributed by atoms with van der Waals surface area (Å²) in [6, 6.07) is 17.5. The van der Waals surface area contributed by atoms with Gasteiger partial charge < -0.3 is 0 Å². The van der Waals surface area contributed by atoms with Gasteiger partial charge in [0, 0.05) is 0 Å². The zero-order valence-electron chi connectivity index (χ0n) is 11.3. The van der Waals surface area contributed by atoms with Gasteiger partial charge in [-0.1, -0.05) is 48.5 Å². The molecule has 0 unspecified atom stereocenters. The highest BCUT2D eigenvalue weighted by Gasteiger charge is 2.12. The number of hydrogen-bond donors (Lipinski definition) is 2. The van der Waals surface area contributed by atoms with Crippen LogP contribution in [0.2, 0.25) is 0 Å². The Morgan fingerprint density at radius 3 is 1.10 bits per heavy atom. The summed E-state index contributed by atoms with van der Waals surface area (Å²) in [5.41, 5.74) is 2.85. The highest BCUT2D eigenvalue weighted by atomic mass is 32.1. The van der Waals surface area contributed by atoms with Crippen LogP contribution in [-0.2, 0) is 12.8 Å². The van der Waals surface area contributed by atoms with E-state index in [0.717, 1.165) is 24.3 Å². The van der Waals surface area contributed by atoms with E-state index in [-0.39, 0.29) is 0 Å². The van der Waals surface area contributed by atoms with Crippen LogP contribution >= 0.6 is 25.3 Å².